The van der Waals surface area contributed by atoms with Gasteiger partial charge >= 0.3 is 11.9 Å². The maximum atomic E-state index is 12.3. The Morgan fingerprint density at radius 2 is 1.91 bits per heavy atom. The van der Waals surface area contributed by atoms with Crippen molar-refractivity contribution in [1.29, 1.82) is 0 Å². The number of hydrogen-bond acceptors (Lipinski definition) is 3. The van der Waals surface area contributed by atoms with Crippen LogP contribution in [0, 0.1) is 12.8 Å². The zero-order valence-electron chi connectivity index (χ0n) is 12.2. The lowest BCUT2D eigenvalue weighted by molar-refractivity contribution is -0.148. The van der Waals surface area contributed by atoms with Crippen molar-refractivity contribution in [2.75, 3.05) is 0 Å². The number of carbonyl (C=O) groups is 2. The molecule has 0 radical (unpaired) electrons. The van der Waals surface area contributed by atoms with Crippen molar-refractivity contribution in [2.24, 2.45) is 5.92 Å². The molecular weight excluding hydrogens is 280 g/mol. The normalized spacial score (nSPS) is 20.1. The van der Waals surface area contributed by atoms with Crippen LogP contribution in [-0.4, -0.2) is 17.0 Å². The number of rotatable bonds is 3. The first kappa shape index (κ1) is 14.3. The first-order chi connectivity index (χ1) is 10.6. The quantitative estimate of drug-likeness (QED) is 0.698. The highest BCUT2D eigenvalue weighted by Crippen LogP contribution is 2.43. The highest BCUT2D eigenvalue weighted by Gasteiger charge is 2.39. The third-order valence-corrected chi connectivity index (χ3v) is 3.97. The maximum absolute atomic E-state index is 12.3. The zero-order valence-corrected chi connectivity index (χ0v) is 12.2. The number of carbonyl (C=O) groups excluding carboxylic acids is 1. The number of carboxylic acids is 1. The summed E-state index contributed by atoms with van der Waals surface area (Å²) in [6, 6.07) is 15.1. The fourth-order valence-corrected chi connectivity index (χ4v) is 3.00. The van der Waals surface area contributed by atoms with Gasteiger partial charge in [0.05, 0.1) is 12.3 Å². The molecule has 112 valence electrons. The number of aliphatic carboxylic acids is 1. The average Bonchev–Trinajstić information content (AvgIpc) is 2.49. The molecule has 0 bridgehead atoms. The van der Waals surface area contributed by atoms with E-state index in [-0.39, 0.29) is 12.3 Å². The molecule has 2 aromatic carbocycles. The summed E-state index contributed by atoms with van der Waals surface area (Å²) in [6.07, 6.45) is -0.244. The summed E-state index contributed by atoms with van der Waals surface area (Å²) in [5.41, 5.74) is 2.85. The van der Waals surface area contributed by atoms with Gasteiger partial charge in [-0.05, 0) is 18.6 Å². The van der Waals surface area contributed by atoms with Gasteiger partial charge in [-0.15, -0.1) is 0 Å². The molecule has 2 atom stereocenters. The summed E-state index contributed by atoms with van der Waals surface area (Å²) in [7, 11) is 0. The molecule has 1 N–H and O–H groups in total. The highest BCUT2D eigenvalue weighted by atomic mass is 16.5. The van der Waals surface area contributed by atoms with E-state index in [1.54, 1.807) is 6.07 Å². The number of ether oxygens (including phenoxy) is 1. The summed E-state index contributed by atoms with van der Waals surface area (Å²) in [5, 5.41) is 9.14. The second-order valence-corrected chi connectivity index (χ2v) is 5.56. The van der Waals surface area contributed by atoms with Gasteiger partial charge in [0.15, 0.2) is 0 Å². The van der Waals surface area contributed by atoms with Crippen LogP contribution in [0.2, 0.25) is 0 Å². The number of aryl methyl sites for hydroxylation is 1. The smallest absolute Gasteiger partial charge is 0.315 e. The van der Waals surface area contributed by atoms with E-state index in [0.717, 1.165) is 16.7 Å². The molecule has 1 aliphatic rings. The van der Waals surface area contributed by atoms with Crippen LogP contribution in [-0.2, 0) is 9.59 Å². The Balaban J connectivity index is 2.15. The van der Waals surface area contributed by atoms with Crippen molar-refractivity contribution in [3.63, 3.8) is 0 Å². The van der Waals surface area contributed by atoms with Crippen LogP contribution >= 0.6 is 0 Å². The molecule has 0 saturated heterocycles. The number of hydrogen-bond donors (Lipinski definition) is 1. The predicted molar refractivity (Wildman–Crippen MR) is 80.8 cm³/mol. The van der Waals surface area contributed by atoms with E-state index in [1.165, 1.54) is 0 Å². The van der Waals surface area contributed by atoms with E-state index in [0.29, 0.717) is 5.75 Å². The SMILES string of the molecule is Cc1ccc2c(c1)C(c1ccccc1)C(CC(=O)O)C(=O)O2. The number of benzene rings is 2. The minimum Gasteiger partial charge on any atom is -0.481 e. The van der Waals surface area contributed by atoms with Gasteiger partial charge in [-0.2, -0.15) is 0 Å². The highest BCUT2D eigenvalue weighted by molar-refractivity contribution is 5.84. The van der Waals surface area contributed by atoms with Gasteiger partial charge in [-0.25, -0.2) is 0 Å². The number of carboxylic acid groups (broad SMARTS) is 1. The molecule has 1 heterocycles. The number of esters is 1. The van der Waals surface area contributed by atoms with Gasteiger partial charge in [-0.3, -0.25) is 9.59 Å². The molecule has 0 amide bonds. The Kier molecular flexibility index (Phi) is 3.67. The molecule has 0 saturated carbocycles. The van der Waals surface area contributed by atoms with Gasteiger partial charge < -0.3 is 9.84 Å². The monoisotopic (exact) mass is 296 g/mol. The van der Waals surface area contributed by atoms with Crippen molar-refractivity contribution < 1.29 is 19.4 Å². The van der Waals surface area contributed by atoms with Gasteiger partial charge in [0, 0.05) is 11.5 Å². The summed E-state index contributed by atoms with van der Waals surface area (Å²) < 4.78 is 5.35. The minimum absolute atomic E-state index is 0.244. The molecule has 4 heteroatoms. The van der Waals surface area contributed by atoms with Crippen LogP contribution < -0.4 is 4.74 Å². The minimum atomic E-state index is -1.00. The second-order valence-electron chi connectivity index (χ2n) is 5.56. The molecule has 2 unspecified atom stereocenters. The molecule has 3 rings (SSSR count). The van der Waals surface area contributed by atoms with Gasteiger partial charge in [0.25, 0.3) is 0 Å². The lowest BCUT2D eigenvalue weighted by atomic mass is 9.77. The number of fused-ring (bicyclic) bond motifs is 1. The Hall–Kier alpha value is -2.62. The van der Waals surface area contributed by atoms with E-state index in [1.807, 2.05) is 49.4 Å². The predicted octanol–water partition coefficient (Wildman–Crippen LogP) is 3.14. The van der Waals surface area contributed by atoms with E-state index in [2.05, 4.69) is 0 Å². The van der Waals surface area contributed by atoms with Crippen LogP contribution in [0.3, 0.4) is 0 Å². The Morgan fingerprint density at radius 3 is 2.59 bits per heavy atom. The summed E-state index contributed by atoms with van der Waals surface area (Å²) in [4.78, 5) is 23.4. The van der Waals surface area contributed by atoms with Gasteiger partial charge in [0.2, 0.25) is 0 Å². The first-order valence-corrected chi connectivity index (χ1v) is 7.15. The fourth-order valence-electron chi connectivity index (χ4n) is 3.00. The van der Waals surface area contributed by atoms with Crippen LogP contribution in [0.5, 0.6) is 5.75 Å². The molecule has 0 spiro atoms. The standard InChI is InChI=1S/C18H16O4/c1-11-7-8-15-13(9-11)17(12-5-3-2-4-6-12)14(10-16(19)20)18(21)22-15/h2-9,14,17H,10H2,1H3,(H,19,20). The van der Waals surface area contributed by atoms with Gasteiger partial charge in [0.1, 0.15) is 5.75 Å². The Bertz CT molecular complexity index is 721. The van der Waals surface area contributed by atoms with E-state index in [9.17, 15) is 9.59 Å². The van der Waals surface area contributed by atoms with Crippen LogP contribution in [0.25, 0.3) is 0 Å². The lowest BCUT2D eigenvalue weighted by Crippen LogP contribution is -2.34. The van der Waals surface area contributed by atoms with Gasteiger partial charge in [-0.1, -0.05) is 48.0 Å². The molecule has 0 fully saturated rings. The molecule has 2 aromatic rings. The molecule has 0 aliphatic carbocycles. The van der Waals surface area contributed by atoms with E-state index >= 15 is 0 Å². The molecule has 1 aliphatic heterocycles. The molecule has 0 aromatic heterocycles. The van der Waals surface area contributed by atoms with Crippen LogP contribution in [0.1, 0.15) is 29.0 Å². The van der Waals surface area contributed by atoms with Crippen molar-refractivity contribution >= 4 is 11.9 Å². The Labute approximate surface area is 128 Å². The van der Waals surface area contributed by atoms with Crippen LogP contribution in [0.4, 0.5) is 0 Å². The van der Waals surface area contributed by atoms with Crippen molar-refractivity contribution in [3.8, 4) is 5.75 Å². The zero-order chi connectivity index (χ0) is 15.7. The third kappa shape index (κ3) is 2.60. The Morgan fingerprint density at radius 1 is 1.18 bits per heavy atom. The van der Waals surface area contributed by atoms with E-state index < -0.39 is 17.9 Å². The first-order valence-electron chi connectivity index (χ1n) is 7.15. The van der Waals surface area contributed by atoms with Crippen molar-refractivity contribution in [3.05, 3.63) is 65.2 Å². The fraction of sp³-hybridized carbons (Fsp3) is 0.222. The molecule has 4 nitrogen and oxygen atoms in total. The largest absolute Gasteiger partial charge is 0.481 e. The molecular formula is C18H16O4. The van der Waals surface area contributed by atoms with Crippen molar-refractivity contribution in [2.45, 2.75) is 19.3 Å². The van der Waals surface area contributed by atoms with E-state index in [4.69, 9.17) is 9.84 Å². The third-order valence-electron chi connectivity index (χ3n) is 3.97. The molecule has 22 heavy (non-hydrogen) atoms. The maximum Gasteiger partial charge on any atom is 0.315 e. The summed E-state index contributed by atoms with van der Waals surface area (Å²) >= 11 is 0. The second kappa shape index (κ2) is 5.64. The summed E-state index contributed by atoms with van der Waals surface area (Å²) in [6.45, 7) is 1.96. The average molecular weight is 296 g/mol. The van der Waals surface area contributed by atoms with Crippen molar-refractivity contribution in [1.82, 2.24) is 0 Å². The topological polar surface area (TPSA) is 63.6 Å². The lowest BCUT2D eigenvalue weighted by Gasteiger charge is -2.31. The summed E-state index contributed by atoms with van der Waals surface area (Å²) in [5.74, 6) is -1.97. The van der Waals surface area contributed by atoms with Crippen LogP contribution in [0.15, 0.2) is 48.5 Å².